The second-order valence-electron chi connectivity index (χ2n) is 7.46. The van der Waals surface area contributed by atoms with Crippen LogP contribution in [0.4, 0.5) is 5.69 Å². The number of amides is 1. The van der Waals surface area contributed by atoms with Crippen molar-refractivity contribution in [2.24, 2.45) is 9.54 Å². The topological polar surface area (TPSA) is 96.6 Å². The summed E-state index contributed by atoms with van der Waals surface area (Å²) in [5.41, 5.74) is 3.41. The first-order valence-corrected chi connectivity index (χ1v) is 12.7. The molecule has 2 aromatic carbocycles. The van der Waals surface area contributed by atoms with Crippen LogP contribution in [0.15, 0.2) is 52.9 Å². The SMILES string of the molecule is Cc1ccc(C(=O)N[C@H](C)c2ccc(Cl)cc2Cl)c(NS(=O)C2CC=C/C(=N/SN)C2)c1. The second kappa shape index (κ2) is 11.3. The Bertz CT molecular complexity index is 1090. The molecule has 1 aliphatic carbocycles. The molecule has 0 spiro atoms. The largest absolute Gasteiger partial charge is 0.345 e. The van der Waals surface area contributed by atoms with Crippen LogP contribution in [0.1, 0.15) is 47.3 Å². The number of benzene rings is 2. The fourth-order valence-corrected chi connectivity index (χ4v) is 5.38. The van der Waals surface area contributed by atoms with E-state index in [-0.39, 0.29) is 17.2 Å². The highest BCUT2D eigenvalue weighted by molar-refractivity contribution is 7.95. The zero-order valence-corrected chi connectivity index (χ0v) is 20.7. The lowest BCUT2D eigenvalue weighted by Crippen LogP contribution is -2.29. The maximum Gasteiger partial charge on any atom is 0.253 e. The van der Waals surface area contributed by atoms with Gasteiger partial charge >= 0.3 is 0 Å². The molecule has 1 aliphatic rings. The Morgan fingerprint density at radius 3 is 2.78 bits per heavy atom. The predicted octanol–water partition coefficient (Wildman–Crippen LogP) is 5.55. The van der Waals surface area contributed by atoms with E-state index < -0.39 is 11.0 Å². The summed E-state index contributed by atoms with van der Waals surface area (Å²) >= 11 is 13.1. The molecule has 0 aliphatic heterocycles. The summed E-state index contributed by atoms with van der Waals surface area (Å²) in [6.45, 7) is 3.76. The van der Waals surface area contributed by atoms with E-state index in [0.717, 1.165) is 29.0 Å². The van der Waals surface area contributed by atoms with Crippen molar-refractivity contribution in [2.75, 3.05) is 4.72 Å². The van der Waals surface area contributed by atoms with Gasteiger partial charge in [0.2, 0.25) is 0 Å². The number of nitrogens with zero attached hydrogens (tertiary/aromatic N) is 1. The Kier molecular flexibility index (Phi) is 8.79. The number of anilines is 1. The van der Waals surface area contributed by atoms with Crippen molar-refractivity contribution in [3.8, 4) is 0 Å². The van der Waals surface area contributed by atoms with E-state index in [2.05, 4.69) is 14.4 Å². The first-order chi connectivity index (χ1) is 15.3. The smallest absolute Gasteiger partial charge is 0.253 e. The summed E-state index contributed by atoms with van der Waals surface area (Å²) in [7, 11) is -1.42. The van der Waals surface area contributed by atoms with Gasteiger partial charge in [-0.3, -0.25) is 9.93 Å². The number of allylic oxidation sites excluding steroid dienone is 2. The Morgan fingerprint density at radius 2 is 2.06 bits per heavy atom. The molecule has 0 saturated carbocycles. The summed E-state index contributed by atoms with van der Waals surface area (Å²) in [6, 6.07) is 10.2. The van der Waals surface area contributed by atoms with E-state index in [1.807, 2.05) is 38.1 Å². The van der Waals surface area contributed by atoms with Crippen LogP contribution in [0.5, 0.6) is 0 Å². The normalized spacial score (nSPS) is 18.9. The van der Waals surface area contributed by atoms with Crippen LogP contribution in [0.3, 0.4) is 0 Å². The number of halogens is 2. The summed E-state index contributed by atoms with van der Waals surface area (Å²) in [4.78, 5) is 13.1. The van der Waals surface area contributed by atoms with E-state index in [4.69, 9.17) is 28.3 Å². The van der Waals surface area contributed by atoms with E-state index in [1.54, 1.807) is 24.3 Å². The summed E-state index contributed by atoms with van der Waals surface area (Å²) in [6.07, 6.45) is 5.01. The lowest BCUT2D eigenvalue weighted by molar-refractivity contribution is 0.0941. The van der Waals surface area contributed by atoms with Gasteiger partial charge in [-0.2, -0.15) is 0 Å². The molecule has 0 bridgehead atoms. The Morgan fingerprint density at radius 1 is 1.28 bits per heavy atom. The van der Waals surface area contributed by atoms with Crippen molar-refractivity contribution in [3.05, 3.63) is 75.3 Å². The maximum atomic E-state index is 13.1. The van der Waals surface area contributed by atoms with Gasteiger partial charge in [0, 0.05) is 16.5 Å². The van der Waals surface area contributed by atoms with Gasteiger partial charge in [0.05, 0.1) is 40.4 Å². The average molecular weight is 512 g/mol. The van der Waals surface area contributed by atoms with Crippen molar-refractivity contribution in [2.45, 2.75) is 38.0 Å². The van der Waals surface area contributed by atoms with Gasteiger partial charge in [0.15, 0.2) is 0 Å². The number of hydrogen-bond donors (Lipinski definition) is 3. The van der Waals surface area contributed by atoms with Crippen molar-refractivity contribution < 1.29 is 9.00 Å². The zero-order valence-electron chi connectivity index (χ0n) is 17.6. The molecule has 2 unspecified atom stereocenters. The van der Waals surface area contributed by atoms with E-state index in [0.29, 0.717) is 34.1 Å². The Labute approximate surface area is 204 Å². The average Bonchev–Trinajstić information content (AvgIpc) is 2.74. The molecule has 3 atom stereocenters. The molecule has 4 N–H and O–H groups in total. The molecule has 1 amide bonds. The minimum Gasteiger partial charge on any atom is -0.345 e. The third-order valence-electron chi connectivity index (χ3n) is 5.03. The first kappa shape index (κ1) is 24.8. The van der Waals surface area contributed by atoms with E-state index in [1.165, 1.54) is 0 Å². The maximum absolute atomic E-state index is 13.1. The van der Waals surface area contributed by atoms with Gasteiger partial charge in [0.25, 0.3) is 5.91 Å². The van der Waals surface area contributed by atoms with E-state index >= 15 is 0 Å². The van der Waals surface area contributed by atoms with Gasteiger partial charge in [-0.05, 0) is 61.7 Å². The number of hydrogen-bond acceptors (Lipinski definition) is 5. The number of nitrogens with one attached hydrogen (secondary N) is 2. The third-order valence-corrected chi connectivity index (χ3v) is 7.31. The second-order valence-corrected chi connectivity index (χ2v) is 10.2. The molecule has 32 heavy (non-hydrogen) atoms. The molecular formula is C22H24Cl2N4O2S2. The molecule has 0 radical (unpaired) electrons. The summed E-state index contributed by atoms with van der Waals surface area (Å²) in [5, 5.41) is 9.21. The van der Waals surface area contributed by atoms with Crippen LogP contribution in [0, 0.1) is 6.92 Å². The molecule has 2 aromatic rings. The predicted molar refractivity (Wildman–Crippen MR) is 137 cm³/mol. The highest BCUT2D eigenvalue weighted by atomic mass is 35.5. The quantitative estimate of drug-likeness (QED) is 0.425. The van der Waals surface area contributed by atoms with Gasteiger partial charge in [0.1, 0.15) is 11.0 Å². The fraction of sp³-hybridized carbons (Fsp3) is 0.273. The van der Waals surface area contributed by atoms with Gasteiger partial charge in [-0.25, -0.2) is 8.61 Å². The minimum absolute atomic E-state index is 0.172. The van der Waals surface area contributed by atoms with Crippen LogP contribution < -0.4 is 15.2 Å². The Hall–Kier alpha value is -1.84. The Balaban J connectivity index is 1.77. The number of carbonyl (C=O) groups is 1. The molecule has 10 heteroatoms. The van der Waals surface area contributed by atoms with Crippen LogP contribution in [0.2, 0.25) is 10.0 Å². The van der Waals surface area contributed by atoms with Crippen LogP contribution in [-0.2, 0) is 11.0 Å². The molecule has 0 fully saturated rings. The summed E-state index contributed by atoms with van der Waals surface area (Å²) < 4.78 is 20.2. The van der Waals surface area contributed by atoms with Gasteiger partial charge in [-0.15, -0.1) is 0 Å². The van der Waals surface area contributed by atoms with Crippen molar-refractivity contribution in [3.63, 3.8) is 0 Å². The van der Waals surface area contributed by atoms with Crippen molar-refractivity contribution in [1.82, 2.24) is 5.32 Å². The molecule has 0 heterocycles. The number of carbonyl (C=O) groups excluding carboxylic acids is 1. The number of aryl methyl sites for hydroxylation is 1. The molecule has 170 valence electrons. The number of nitrogens with two attached hydrogens (primary N) is 1. The number of rotatable bonds is 7. The summed E-state index contributed by atoms with van der Waals surface area (Å²) in [5.74, 6) is -0.298. The molecular weight excluding hydrogens is 487 g/mol. The zero-order chi connectivity index (χ0) is 23.3. The molecule has 6 nitrogen and oxygen atoms in total. The van der Waals surface area contributed by atoms with Gasteiger partial charge in [-0.1, -0.05) is 41.4 Å². The van der Waals surface area contributed by atoms with Crippen LogP contribution in [-0.4, -0.2) is 21.1 Å². The van der Waals surface area contributed by atoms with Crippen LogP contribution >= 0.6 is 35.3 Å². The lowest BCUT2D eigenvalue weighted by Gasteiger charge is -2.21. The van der Waals surface area contributed by atoms with Crippen LogP contribution in [0.25, 0.3) is 0 Å². The van der Waals surface area contributed by atoms with E-state index in [9.17, 15) is 9.00 Å². The molecule has 0 saturated heterocycles. The highest BCUT2D eigenvalue weighted by Crippen LogP contribution is 2.27. The van der Waals surface area contributed by atoms with Crippen molar-refractivity contribution >= 4 is 63.6 Å². The fourth-order valence-electron chi connectivity index (χ4n) is 3.38. The molecule has 3 rings (SSSR count). The molecule has 0 aromatic heterocycles. The van der Waals surface area contributed by atoms with Gasteiger partial charge < -0.3 is 10.0 Å². The minimum atomic E-state index is -1.42. The standard InChI is InChI=1S/C22H24Cl2N4O2S2/c1-13-6-8-19(22(29)26-14(2)18-9-7-15(23)11-20(18)24)21(10-13)28-32(30)17-5-3-4-16(12-17)27-31-25/h3-4,6-11,14,17,28H,5,12,25H2,1-2H3,(H,26,29)/b27-16-/t14-,17?,32?/m1/s1. The monoisotopic (exact) mass is 510 g/mol. The third kappa shape index (κ3) is 6.36. The lowest BCUT2D eigenvalue weighted by atomic mass is 10.1. The van der Waals surface area contributed by atoms with Crippen molar-refractivity contribution in [1.29, 1.82) is 0 Å². The highest BCUT2D eigenvalue weighted by Gasteiger charge is 2.23. The first-order valence-electron chi connectivity index (χ1n) is 9.91.